The third-order valence-corrected chi connectivity index (χ3v) is 2.41. The number of carbonyl (C=O) groups is 1. The highest BCUT2D eigenvalue weighted by Crippen LogP contribution is 2.43. The molecule has 0 fully saturated rings. The van der Waals surface area contributed by atoms with Crippen molar-refractivity contribution in [1.82, 2.24) is 5.06 Å². The molecule has 5 nitrogen and oxygen atoms in total. The van der Waals surface area contributed by atoms with Gasteiger partial charge in [-0.05, 0) is 17.7 Å². The van der Waals surface area contributed by atoms with E-state index in [1.165, 1.54) is 6.07 Å². The molecule has 2 aliphatic rings. The molecule has 1 amide bonds. The molecule has 7 heteroatoms. The van der Waals surface area contributed by atoms with Gasteiger partial charge in [0.1, 0.15) is 0 Å². The fourth-order valence-electron chi connectivity index (χ4n) is 1.74. The van der Waals surface area contributed by atoms with Gasteiger partial charge in [0.05, 0.1) is 12.1 Å². The van der Waals surface area contributed by atoms with Gasteiger partial charge >= 0.3 is 6.29 Å². The molecule has 2 aliphatic heterocycles. The molecule has 2 heterocycles. The van der Waals surface area contributed by atoms with E-state index in [1.54, 1.807) is 0 Å². The number of carbonyl (C=O) groups excluding carboxylic acids is 1. The minimum atomic E-state index is -3.70. The summed E-state index contributed by atoms with van der Waals surface area (Å²) in [7, 11) is 0. The third-order valence-electron chi connectivity index (χ3n) is 2.41. The van der Waals surface area contributed by atoms with Crippen LogP contribution in [0.3, 0.4) is 0 Å². The van der Waals surface area contributed by atoms with Crippen LogP contribution in [0.5, 0.6) is 11.5 Å². The van der Waals surface area contributed by atoms with Crippen molar-refractivity contribution in [3.05, 3.63) is 23.3 Å². The zero-order valence-corrected chi connectivity index (χ0v) is 7.74. The molecule has 0 aromatic heterocycles. The molecular formula is C9H5F2NO4. The van der Waals surface area contributed by atoms with E-state index in [1.807, 2.05) is 0 Å². The quantitative estimate of drug-likeness (QED) is 0.682. The number of alkyl halides is 2. The van der Waals surface area contributed by atoms with Gasteiger partial charge in [-0.2, -0.15) is 0 Å². The van der Waals surface area contributed by atoms with E-state index in [4.69, 9.17) is 5.21 Å². The van der Waals surface area contributed by atoms with Crippen LogP contribution in [0.15, 0.2) is 12.1 Å². The average molecular weight is 229 g/mol. The first-order valence-electron chi connectivity index (χ1n) is 4.40. The molecule has 1 aromatic carbocycles. The van der Waals surface area contributed by atoms with Gasteiger partial charge in [-0.25, -0.2) is 5.06 Å². The summed E-state index contributed by atoms with van der Waals surface area (Å²) in [6, 6.07) is 2.41. The molecule has 0 aliphatic carbocycles. The summed E-state index contributed by atoms with van der Waals surface area (Å²) in [5, 5.41) is 9.65. The van der Waals surface area contributed by atoms with Crippen LogP contribution in [0.1, 0.15) is 15.9 Å². The van der Waals surface area contributed by atoms with Gasteiger partial charge in [0.2, 0.25) is 0 Å². The summed E-state index contributed by atoms with van der Waals surface area (Å²) in [6.45, 7) is -0.0453. The smallest absolute Gasteiger partial charge is 0.395 e. The predicted molar refractivity (Wildman–Crippen MR) is 44.3 cm³/mol. The van der Waals surface area contributed by atoms with Crippen molar-refractivity contribution in [2.45, 2.75) is 12.8 Å². The second-order valence-corrected chi connectivity index (χ2v) is 3.49. The highest BCUT2D eigenvalue weighted by atomic mass is 19.3. The number of nitrogens with zero attached hydrogens (tertiary/aromatic N) is 1. The van der Waals surface area contributed by atoms with E-state index in [-0.39, 0.29) is 23.6 Å². The maximum Gasteiger partial charge on any atom is 0.586 e. The first kappa shape index (κ1) is 9.34. The second kappa shape index (κ2) is 2.62. The highest BCUT2D eigenvalue weighted by molar-refractivity contribution is 5.98. The number of hydrogen-bond donors (Lipinski definition) is 1. The van der Waals surface area contributed by atoms with E-state index in [0.29, 0.717) is 10.6 Å². The van der Waals surface area contributed by atoms with Crippen LogP contribution >= 0.6 is 0 Å². The van der Waals surface area contributed by atoms with Gasteiger partial charge in [0, 0.05) is 0 Å². The van der Waals surface area contributed by atoms with Gasteiger partial charge in [0.25, 0.3) is 5.91 Å². The second-order valence-electron chi connectivity index (χ2n) is 3.49. The maximum absolute atomic E-state index is 12.7. The number of halogens is 2. The monoisotopic (exact) mass is 229 g/mol. The molecule has 0 atom stereocenters. The summed E-state index contributed by atoms with van der Waals surface area (Å²) in [6.07, 6.45) is -3.70. The van der Waals surface area contributed by atoms with Crippen LogP contribution in [-0.2, 0) is 6.54 Å². The summed E-state index contributed by atoms with van der Waals surface area (Å²) >= 11 is 0. The van der Waals surface area contributed by atoms with Crippen LogP contribution < -0.4 is 9.47 Å². The van der Waals surface area contributed by atoms with Crippen molar-refractivity contribution < 1.29 is 28.3 Å². The van der Waals surface area contributed by atoms with Gasteiger partial charge in [-0.3, -0.25) is 10.0 Å². The predicted octanol–water partition coefficient (Wildman–Crippen LogP) is 1.35. The normalized spacial score (nSPS) is 20.2. The SMILES string of the molecule is O=C1c2cc3c(cc2CN1O)OC(F)(F)O3. The molecule has 84 valence electrons. The van der Waals surface area contributed by atoms with Gasteiger partial charge < -0.3 is 9.47 Å². The Morgan fingerprint density at radius 2 is 1.94 bits per heavy atom. The lowest BCUT2D eigenvalue weighted by molar-refractivity contribution is -0.286. The fourth-order valence-corrected chi connectivity index (χ4v) is 1.74. The van der Waals surface area contributed by atoms with Crippen LogP contribution in [-0.4, -0.2) is 22.5 Å². The van der Waals surface area contributed by atoms with Crippen molar-refractivity contribution in [3.8, 4) is 11.5 Å². The van der Waals surface area contributed by atoms with Crippen molar-refractivity contribution >= 4 is 5.91 Å². The number of ether oxygens (including phenoxy) is 2. The van der Waals surface area contributed by atoms with Crippen LogP contribution in [0.2, 0.25) is 0 Å². The summed E-state index contributed by atoms with van der Waals surface area (Å²) < 4.78 is 33.8. The number of hydroxylamine groups is 2. The Balaban J connectivity index is 2.09. The van der Waals surface area contributed by atoms with E-state index in [2.05, 4.69) is 9.47 Å². The number of hydrogen-bond acceptors (Lipinski definition) is 4. The first-order chi connectivity index (χ1) is 7.46. The van der Waals surface area contributed by atoms with Crippen molar-refractivity contribution in [2.24, 2.45) is 0 Å². The topological polar surface area (TPSA) is 59.0 Å². The van der Waals surface area contributed by atoms with Crippen molar-refractivity contribution in [2.75, 3.05) is 0 Å². The Morgan fingerprint density at radius 3 is 2.62 bits per heavy atom. The largest absolute Gasteiger partial charge is 0.586 e. The number of fused-ring (bicyclic) bond motifs is 2. The van der Waals surface area contributed by atoms with Gasteiger partial charge in [-0.1, -0.05) is 0 Å². The molecular weight excluding hydrogens is 224 g/mol. The van der Waals surface area contributed by atoms with Crippen LogP contribution in [0, 0.1) is 0 Å². The number of amides is 1. The van der Waals surface area contributed by atoms with E-state index < -0.39 is 12.2 Å². The zero-order chi connectivity index (χ0) is 11.5. The molecule has 0 saturated heterocycles. The molecule has 3 rings (SSSR count). The highest BCUT2D eigenvalue weighted by Gasteiger charge is 2.45. The Morgan fingerprint density at radius 1 is 1.31 bits per heavy atom. The van der Waals surface area contributed by atoms with Crippen molar-refractivity contribution in [3.63, 3.8) is 0 Å². The zero-order valence-electron chi connectivity index (χ0n) is 7.74. The summed E-state index contributed by atoms with van der Waals surface area (Å²) in [5.41, 5.74) is 0.565. The van der Waals surface area contributed by atoms with E-state index in [0.717, 1.165) is 6.07 Å². The van der Waals surface area contributed by atoms with Gasteiger partial charge in [-0.15, -0.1) is 8.78 Å². The minimum absolute atomic E-state index is 0.0453. The van der Waals surface area contributed by atoms with Crippen LogP contribution in [0.4, 0.5) is 8.78 Å². The Labute approximate surface area is 87.7 Å². The molecule has 16 heavy (non-hydrogen) atoms. The molecule has 0 spiro atoms. The Bertz CT molecular complexity index is 503. The Hall–Kier alpha value is -1.89. The summed E-state index contributed by atoms with van der Waals surface area (Å²) in [4.78, 5) is 11.3. The third kappa shape index (κ3) is 1.15. The van der Waals surface area contributed by atoms with Crippen molar-refractivity contribution in [1.29, 1.82) is 0 Å². The Kier molecular flexibility index (Phi) is 1.53. The lowest BCUT2D eigenvalue weighted by Crippen LogP contribution is -2.26. The standard InChI is InChI=1S/C9H5F2NO4/c10-9(11)15-6-1-4-3-12(14)8(13)5(4)2-7(6)16-9/h1-2,14H,3H2. The molecule has 0 saturated carbocycles. The average Bonchev–Trinajstić information content (AvgIpc) is 2.60. The molecule has 1 aromatic rings. The number of benzene rings is 1. The maximum atomic E-state index is 12.7. The number of rotatable bonds is 0. The van der Waals surface area contributed by atoms with Crippen LogP contribution in [0.25, 0.3) is 0 Å². The first-order valence-corrected chi connectivity index (χ1v) is 4.40. The molecule has 0 unspecified atom stereocenters. The van der Waals surface area contributed by atoms with E-state index in [9.17, 15) is 13.6 Å². The molecule has 0 radical (unpaired) electrons. The minimum Gasteiger partial charge on any atom is -0.395 e. The molecule has 1 N–H and O–H groups in total. The molecule has 0 bridgehead atoms. The summed E-state index contributed by atoms with van der Waals surface area (Å²) in [5.74, 6) is -0.976. The van der Waals surface area contributed by atoms with E-state index >= 15 is 0 Å². The lowest BCUT2D eigenvalue weighted by atomic mass is 10.1. The lowest BCUT2D eigenvalue weighted by Gasteiger charge is -2.05. The van der Waals surface area contributed by atoms with Gasteiger partial charge in [0.15, 0.2) is 11.5 Å². The fraction of sp³-hybridized carbons (Fsp3) is 0.222.